The van der Waals surface area contributed by atoms with Crippen LogP contribution in [-0.4, -0.2) is 37.0 Å². The molecule has 0 heterocycles. The van der Waals surface area contributed by atoms with Crippen molar-refractivity contribution in [1.82, 2.24) is 4.90 Å². The third-order valence-corrected chi connectivity index (χ3v) is 3.71. The van der Waals surface area contributed by atoms with E-state index in [4.69, 9.17) is 27.9 Å². The number of ether oxygens (including phenoxy) is 1. The van der Waals surface area contributed by atoms with Gasteiger partial charge in [0.1, 0.15) is 6.54 Å². The predicted molar refractivity (Wildman–Crippen MR) is 83.8 cm³/mol. The van der Waals surface area contributed by atoms with Gasteiger partial charge in [-0.1, -0.05) is 29.3 Å². The Labute approximate surface area is 135 Å². The summed E-state index contributed by atoms with van der Waals surface area (Å²) in [6, 6.07) is 5.00. The summed E-state index contributed by atoms with van der Waals surface area (Å²) in [7, 11) is 1.56. The highest BCUT2D eigenvalue weighted by atomic mass is 35.5. The van der Waals surface area contributed by atoms with Crippen molar-refractivity contribution in [2.45, 2.75) is 26.2 Å². The molecule has 0 aromatic heterocycles. The molecule has 21 heavy (non-hydrogen) atoms. The van der Waals surface area contributed by atoms with Crippen LogP contribution in [0.15, 0.2) is 18.2 Å². The van der Waals surface area contributed by atoms with Gasteiger partial charge in [-0.25, -0.2) is 0 Å². The van der Waals surface area contributed by atoms with Crippen molar-refractivity contribution in [3.63, 3.8) is 0 Å². The van der Waals surface area contributed by atoms with Crippen LogP contribution in [0.2, 0.25) is 10.0 Å². The lowest BCUT2D eigenvalue weighted by Gasteiger charge is -2.30. The molecule has 116 valence electrons. The monoisotopic (exact) mass is 331 g/mol. The van der Waals surface area contributed by atoms with Crippen LogP contribution in [0.5, 0.6) is 0 Å². The van der Waals surface area contributed by atoms with Crippen LogP contribution in [0.25, 0.3) is 0 Å². The van der Waals surface area contributed by atoms with E-state index in [-0.39, 0.29) is 19.1 Å². The number of likely N-dealkylation sites (N-methyl/N-ethyl adjacent to an activating group) is 1. The average Bonchev–Trinajstić information content (AvgIpc) is 2.37. The first-order valence-corrected chi connectivity index (χ1v) is 7.32. The van der Waals surface area contributed by atoms with E-state index in [2.05, 4.69) is 0 Å². The summed E-state index contributed by atoms with van der Waals surface area (Å²) in [6.45, 7) is 5.42. The van der Waals surface area contributed by atoms with Crippen molar-refractivity contribution in [2.75, 3.05) is 20.2 Å². The molecule has 0 aliphatic rings. The van der Waals surface area contributed by atoms with Crippen molar-refractivity contribution in [2.24, 2.45) is 0 Å². The minimum absolute atomic E-state index is 0.0959. The highest BCUT2D eigenvalue weighted by molar-refractivity contribution is 6.35. The summed E-state index contributed by atoms with van der Waals surface area (Å²) in [5.41, 5.74) is -0.211. The zero-order valence-corrected chi connectivity index (χ0v) is 14.1. The van der Waals surface area contributed by atoms with E-state index in [1.54, 1.807) is 46.0 Å². The van der Waals surface area contributed by atoms with Gasteiger partial charge in [0.15, 0.2) is 0 Å². The Hall–Kier alpha value is -1.26. The normalized spacial score (nSPS) is 11.1. The Kier molecular flexibility index (Phi) is 6.05. The molecule has 0 unspecified atom stereocenters. The van der Waals surface area contributed by atoms with Gasteiger partial charge in [-0.2, -0.15) is 0 Å². The number of rotatable bonds is 5. The molecule has 6 heteroatoms. The fraction of sp³-hybridized carbons (Fsp3) is 0.467. The van der Waals surface area contributed by atoms with Crippen LogP contribution < -0.4 is 0 Å². The van der Waals surface area contributed by atoms with Gasteiger partial charge in [0.25, 0.3) is 0 Å². The lowest BCUT2D eigenvalue weighted by Crippen LogP contribution is -2.44. The molecular formula is C15H19Cl2NO3. The van der Waals surface area contributed by atoms with Crippen LogP contribution in [0.4, 0.5) is 0 Å². The maximum Gasteiger partial charge on any atom is 0.325 e. The van der Waals surface area contributed by atoms with Crippen LogP contribution in [0.3, 0.4) is 0 Å². The van der Waals surface area contributed by atoms with Crippen molar-refractivity contribution in [1.29, 1.82) is 0 Å². The Morgan fingerprint density at radius 1 is 1.29 bits per heavy atom. The number of hydrogen-bond donors (Lipinski definition) is 0. The Balaban J connectivity index is 2.95. The second-order valence-electron chi connectivity index (χ2n) is 5.22. The van der Waals surface area contributed by atoms with Gasteiger partial charge < -0.3 is 9.64 Å². The average molecular weight is 332 g/mol. The van der Waals surface area contributed by atoms with E-state index in [1.165, 1.54) is 4.90 Å². The molecule has 1 amide bonds. The molecule has 1 aromatic rings. The molecule has 0 aliphatic carbocycles. The largest absolute Gasteiger partial charge is 0.465 e. The third kappa shape index (κ3) is 4.35. The number of benzene rings is 1. The topological polar surface area (TPSA) is 46.6 Å². The summed E-state index contributed by atoms with van der Waals surface area (Å²) in [5, 5.41) is 0.928. The van der Waals surface area contributed by atoms with Crippen LogP contribution in [0.1, 0.15) is 26.3 Å². The first-order valence-electron chi connectivity index (χ1n) is 6.56. The number of hydrogen-bond acceptors (Lipinski definition) is 3. The van der Waals surface area contributed by atoms with E-state index in [0.717, 1.165) is 0 Å². The molecule has 0 radical (unpaired) electrons. The van der Waals surface area contributed by atoms with Crippen molar-refractivity contribution in [3.05, 3.63) is 33.8 Å². The van der Waals surface area contributed by atoms with Crippen LogP contribution in [0, 0.1) is 0 Å². The summed E-state index contributed by atoms with van der Waals surface area (Å²) >= 11 is 12.0. The van der Waals surface area contributed by atoms with Crippen molar-refractivity contribution >= 4 is 35.1 Å². The summed E-state index contributed by atoms with van der Waals surface area (Å²) in [5.74, 6) is -0.661. The molecule has 0 saturated carbocycles. The van der Waals surface area contributed by atoms with E-state index in [1.807, 2.05) is 0 Å². The molecule has 0 N–H and O–H groups in total. The maximum absolute atomic E-state index is 12.6. The highest BCUT2D eigenvalue weighted by Gasteiger charge is 2.34. The number of carbonyl (C=O) groups is 2. The van der Waals surface area contributed by atoms with E-state index in [9.17, 15) is 9.59 Å². The second-order valence-corrected chi connectivity index (χ2v) is 6.06. The zero-order chi connectivity index (χ0) is 16.2. The molecule has 0 spiro atoms. The maximum atomic E-state index is 12.6. The quantitative estimate of drug-likeness (QED) is 0.778. The van der Waals surface area contributed by atoms with Crippen molar-refractivity contribution < 1.29 is 14.3 Å². The SMILES string of the molecule is CCOC(=O)CN(C)C(=O)C(C)(C)c1ccc(Cl)cc1Cl. The second kappa shape index (κ2) is 7.14. The molecule has 0 atom stereocenters. The van der Waals surface area contributed by atoms with Gasteiger partial charge in [0.2, 0.25) is 5.91 Å². The van der Waals surface area contributed by atoms with Gasteiger partial charge in [0, 0.05) is 17.1 Å². The minimum atomic E-state index is -0.872. The fourth-order valence-corrected chi connectivity index (χ4v) is 2.71. The fourth-order valence-electron chi connectivity index (χ4n) is 2.06. The van der Waals surface area contributed by atoms with E-state index in [0.29, 0.717) is 15.6 Å². The molecule has 1 rings (SSSR count). The van der Waals surface area contributed by atoms with E-state index >= 15 is 0 Å². The molecule has 0 bridgehead atoms. The van der Waals surface area contributed by atoms with Crippen molar-refractivity contribution in [3.8, 4) is 0 Å². The zero-order valence-electron chi connectivity index (χ0n) is 12.6. The summed E-state index contributed by atoms with van der Waals surface area (Å²) < 4.78 is 4.84. The van der Waals surface area contributed by atoms with Gasteiger partial charge in [-0.05, 0) is 38.5 Å². The Morgan fingerprint density at radius 3 is 2.43 bits per heavy atom. The Morgan fingerprint density at radius 2 is 1.90 bits per heavy atom. The molecule has 0 saturated heterocycles. The van der Waals surface area contributed by atoms with Gasteiger partial charge in [0.05, 0.1) is 12.0 Å². The molecular weight excluding hydrogens is 313 g/mol. The lowest BCUT2D eigenvalue weighted by molar-refractivity contribution is -0.149. The molecule has 1 aromatic carbocycles. The number of esters is 1. The smallest absolute Gasteiger partial charge is 0.325 e. The number of carbonyl (C=O) groups excluding carboxylic acids is 2. The molecule has 0 fully saturated rings. The molecule has 4 nitrogen and oxygen atoms in total. The first kappa shape index (κ1) is 17.8. The van der Waals surface area contributed by atoms with Crippen LogP contribution >= 0.6 is 23.2 Å². The van der Waals surface area contributed by atoms with E-state index < -0.39 is 11.4 Å². The predicted octanol–water partition coefficient (Wildman–Crippen LogP) is 3.29. The first-order chi connectivity index (χ1) is 9.70. The third-order valence-electron chi connectivity index (χ3n) is 3.16. The standard InChI is InChI=1S/C15H19Cl2NO3/c1-5-21-13(19)9-18(4)14(20)15(2,3)11-7-6-10(16)8-12(11)17/h6-8H,5,9H2,1-4H3. The number of nitrogens with zero attached hydrogens (tertiary/aromatic N) is 1. The molecule has 0 aliphatic heterocycles. The minimum Gasteiger partial charge on any atom is -0.465 e. The highest BCUT2D eigenvalue weighted by Crippen LogP contribution is 2.33. The lowest BCUT2D eigenvalue weighted by atomic mass is 9.83. The van der Waals surface area contributed by atoms with Gasteiger partial charge >= 0.3 is 5.97 Å². The number of halogens is 2. The Bertz CT molecular complexity index is 544. The number of amides is 1. The summed E-state index contributed by atoms with van der Waals surface area (Å²) in [4.78, 5) is 25.4. The summed E-state index contributed by atoms with van der Waals surface area (Å²) in [6.07, 6.45) is 0. The van der Waals surface area contributed by atoms with Crippen LogP contribution in [-0.2, 0) is 19.7 Å². The van der Waals surface area contributed by atoms with Gasteiger partial charge in [-0.3, -0.25) is 9.59 Å². The van der Waals surface area contributed by atoms with Gasteiger partial charge in [-0.15, -0.1) is 0 Å².